The van der Waals surface area contributed by atoms with Gasteiger partial charge in [0.25, 0.3) is 8.32 Å². The molecule has 0 aliphatic heterocycles. The molecule has 2 aromatic rings. The highest BCUT2D eigenvalue weighted by Crippen LogP contribution is 2.36. The van der Waals surface area contributed by atoms with E-state index in [0.717, 1.165) is 13.0 Å². The second-order valence-electron chi connectivity index (χ2n) is 10.4. The van der Waals surface area contributed by atoms with E-state index >= 15 is 0 Å². The van der Waals surface area contributed by atoms with Gasteiger partial charge in [0.15, 0.2) is 0 Å². The molecule has 0 aliphatic carbocycles. The smallest absolute Gasteiger partial charge is 0.261 e. The van der Waals surface area contributed by atoms with E-state index in [2.05, 4.69) is 88.4 Å². The molecule has 0 aliphatic rings. The third-order valence-electron chi connectivity index (χ3n) is 6.47. The molecule has 0 amide bonds. The van der Waals surface area contributed by atoms with Crippen LogP contribution in [0.3, 0.4) is 0 Å². The summed E-state index contributed by atoms with van der Waals surface area (Å²) in [5.74, 6) is 0. The lowest BCUT2D eigenvalue weighted by molar-refractivity contribution is -0.00518. The highest BCUT2D eigenvalue weighted by atomic mass is 28.4. The fourth-order valence-electron chi connectivity index (χ4n) is 4.58. The molecule has 0 unspecified atom stereocenters. The average Bonchev–Trinajstić information content (AvgIpc) is 2.90. The number of hydrogen-bond acceptors (Lipinski definition) is 5. The van der Waals surface area contributed by atoms with Gasteiger partial charge in [-0.1, -0.05) is 114 Å². The molecule has 0 saturated heterocycles. The number of ether oxygens (including phenoxy) is 4. The van der Waals surface area contributed by atoms with E-state index in [4.69, 9.17) is 23.4 Å². The summed E-state index contributed by atoms with van der Waals surface area (Å²) < 4.78 is 29.5. The van der Waals surface area contributed by atoms with Crippen LogP contribution in [0.15, 0.2) is 60.7 Å². The molecule has 2 rings (SSSR count). The Bertz CT molecular complexity index is 755. The summed E-state index contributed by atoms with van der Waals surface area (Å²) in [6, 6.07) is 21.4. The van der Waals surface area contributed by atoms with Gasteiger partial charge in [0.1, 0.15) is 0 Å². The zero-order chi connectivity index (χ0) is 26.7. The third-order valence-corrected chi connectivity index (χ3v) is 11.5. The van der Waals surface area contributed by atoms with Crippen LogP contribution in [0.1, 0.15) is 59.8 Å². The van der Waals surface area contributed by atoms with Crippen molar-refractivity contribution in [3.8, 4) is 0 Å². The van der Waals surface area contributed by atoms with Gasteiger partial charge in [0.2, 0.25) is 0 Å². The Balaban J connectivity index is 1.61. The van der Waals surface area contributed by atoms with Gasteiger partial charge in [0, 0.05) is 6.61 Å². The lowest BCUT2D eigenvalue weighted by atomic mass is 10.2. The predicted octanol–water partition coefficient (Wildman–Crippen LogP) is 5.60. The first-order valence-corrected chi connectivity index (χ1v) is 16.0. The highest BCUT2D eigenvalue weighted by molar-refractivity contribution is 6.99. The molecule has 208 valence electrons. The van der Waals surface area contributed by atoms with Crippen LogP contribution in [-0.4, -0.2) is 67.8 Å². The van der Waals surface area contributed by atoms with Crippen LogP contribution in [0.4, 0.5) is 0 Å². The quantitative estimate of drug-likeness (QED) is 0.155. The van der Waals surface area contributed by atoms with Gasteiger partial charge in [-0.05, 0) is 21.8 Å². The summed E-state index contributed by atoms with van der Waals surface area (Å²) >= 11 is 0. The van der Waals surface area contributed by atoms with Gasteiger partial charge in [-0.2, -0.15) is 0 Å². The van der Waals surface area contributed by atoms with Crippen molar-refractivity contribution in [2.24, 2.45) is 0 Å². The lowest BCUT2D eigenvalue weighted by Crippen LogP contribution is -2.66. The van der Waals surface area contributed by atoms with Crippen molar-refractivity contribution in [1.29, 1.82) is 0 Å². The molecule has 0 bridgehead atoms. The molecule has 0 aromatic heterocycles. The minimum atomic E-state index is -2.50. The van der Waals surface area contributed by atoms with Crippen LogP contribution < -0.4 is 10.4 Å². The van der Waals surface area contributed by atoms with Gasteiger partial charge in [-0.3, -0.25) is 0 Å². The molecule has 0 saturated carbocycles. The molecular formula is C31H50O5Si. The Morgan fingerprint density at radius 2 is 0.919 bits per heavy atom. The molecule has 0 radical (unpaired) electrons. The van der Waals surface area contributed by atoms with E-state index < -0.39 is 8.32 Å². The van der Waals surface area contributed by atoms with Crippen LogP contribution in [0.2, 0.25) is 5.04 Å². The van der Waals surface area contributed by atoms with Crippen molar-refractivity contribution < 1.29 is 23.4 Å². The van der Waals surface area contributed by atoms with Crippen molar-refractivity contribution in [2.75, 3.05) is 59.5 Å². The van der Waals surface area contributed by atoms with Gasteiger partial charge < -0.3 is 23.4 Å². The first-order chi connectivity index (χ1) is 18.0. The fourth-order valence-corrected chi connectivity index (χ4v) is 9.13. The highest BCUT2D eigenvalue weighted by Gasteiger charge is 2.49. The third kappa shape index (κ3) is 11.4. The maximum Gasteiger partial charge on any atom is 0.261 e. The largest absolute Gasteiger partial charge is 0.405 e. The summed E-state index contributed by atoms with van der Waals surface area (Å²) in [4.78, 5) is 0. The number of hydrogen-bond donors (Lipinski definition) is 0. The Hall–Kier alpha value is -1.54. The van der Waals surface area contributed by atoms with Crippen LogP contribution in [-0.2, 0) is 23.4 Å². The minimum absolute atomic E-state index is 0.0293. The number of unbranched alkanes of at least 4 members (excludes halogenated alkanes) is 4. The molecule has 0 heterocycles. The van der Waals surface area contributed by atoms with Gasteiger partial charge in [0.05, 0.1) is 52.9 Å². The molecule has 5 nitrogen and oxygen atoms in total. The van der Waals surface area contributed by atoms with Crippen LogP contribution in [0.5, 0.6) is 0 Å². The van der Waals surface area contributed by atoms with Crippen molar-refractivity contribution in [1.82, 2.24) is 0 Å². The van der Waals surface area contributed by atoms with E-state index in [1.807, 2.05) is 0 Å². The minimum Gasteiger partial charge on any atom is -0.405 e. The Kier molecular flexibility index (Phi) is 16.0. The molecule has 0 fully saturated rings. The van der Waals surface area contributed by atoms with Crippen LogP contribution >= 0.6 is 0 Å². The van der Waals surface area contributed by atoms with E-state index in [1.54, 1.807) is 0 Å². The van der Waals surface area contributed by atoms with Crippen molar-refractivity contribution in [3.05, 3.63) is 60.7 Å². The van der Waals surface area contributed by atoms with Crippen LogP contribution in [0, 0.1) is 0 Å². The predicted molar refractivity (Wildman–Crippen MR) is 156 cm³/mol. The zero-order valence-electron chi connectivity index (χ0n) is 23.7. The second kappa shape index (κ2) is 18.7. The molecule has 37 heavy (non-hydrogen) atoms. The van der Waals surface area contributed by atoms with Crippen molar-refractivity contribution >= 4 is 18.7 Å². The van der Waals surface area contributed by atoms with E-state index in [-0.39, 0.29) is 5.04 Å². The van der Waals surface area contributed by atoms with Crippen LogP contribution in [0.25, 0.3) is 0 Å². The summed E-state index contributed by atoms with van der Waals surface area (Å²) in [5, 5.41) is 2.54. The molecule has 0 atom stereocenters. The Morgan fingerprint density at radius 3 is 1.35 bits per heavy atom. The number of benzene rings is 2. The topological polar surface area (TPSA) is 46.2 Å². The Morgan fingerprint density at radius 1 is 0.514 bits per heavy atom. The zero-order valence-corrected chi connectivity index (χ0v) is 24.7. The number of rotatable bonds is 21. The first kappa shape index (κ1) is 31.7. The van der Waals surface area contributed by atoms with Gasteiger partial charge in [-0.15, -0.1) is 0 Å². The monoisotopic (exact) mass is 530 g/mol. The molecule has 6 heteroatoms. The summed E-state index contributed by atoms with van der Waals surface area (Å²) in [7, 11) is -2.50. The molecule has 2 aromatic carbocycles. The summed E-state index contributed by atoms with van der Waals surface area (Å²) in [6.07, 6.45) is 6.32. The summed E-state index contributed by atoms with van der Waals surface area (Å²) in [6.45, 7) is 14.5. The summed E-state index contributed by atoms with van der Waals surface area (Å²) in [5.41, 5.74) is 0. The maximum absolute atomic E-state index is 6.83. The molecular weight excluding hydrogens is 480 g/mol. The van der Waals surface area contributed by atoms with E-state index in [1.165, 1.54) is 36.1 Å². The molecule has 0 N–H and O–H groups in total. The van der Waals surface area contributed by atoms with Crippen molar-refractivity contribution in [2.45, 2.75) is 64.8 Å². The standard InChI is InChI=1S/C31H50O5Si/c1-5-6-7-8-15-20-32-21-22-33-23-24-34-25-26-35-27-28-36-37(31(2,3)4,29-16-11-9-12-17-29)30-18-13-10-14-19-30/h9-14,16-19H,5-8,15,20-28H2,1-4H3. The van der Waals surface area contributed by atoms with E-state index in [9.17, 15) is 0 Å². The van der Waals surface area contributed by atoms with Gasteiger partial charge in [-0.25, -0.2) is 0 Å². The average molecular weight is 531 g/mol. The fraction of sp³-hybridized carbons (Fsp3) is 0.613. The maximum atomic E-state index is 6.83. The lowest BCUT2D eigenvalue weighted by Gasteiger charge is -2.43. The van der Waals surface area contributed by atoms with E-state index in [0.29, 0.717) is 52.9 Å². The van der Waals surface area contributed by atoms with Gasteiger partial charge >= 0.3 is 0 Å². The first-order valence-electron chi connectivity index (χ1n) is 14.1. The normalized spacial score (nSPS) is 12.2. The SMILES string of the molecule is CCCCCCCOCCOCCOCCOCCO[Si](c1ccccc1)(c1ccccc1)C(C)(C)C. The molecule has 0 spiro atoms. The Labute approximate surface area is 226 Å². The second-order valence-corrected chi connectivity index (χ2v) is 14.7. The van der Waals surface area contributed by atoms with Crippen molar-refractivity contribution in [3.63, 3.8) is 0 Å².